The van der Waals surface area contributed by atoms with E-state index in [9.17, 15) is 5.11 Å². The van der Waals surface area contributed by atoms with Gasteiger partial charge in [-0.1, -0.05) is 24.3 Å². The van der Waals surface area contributed by atoms with Gasteiger partial charge in [0.25, 0.3) is 0 Å². The van der Waals surface area contributed by atoms with Crippen molar-refractivity contribution in [3.63, 3.8) is 0 Å². The van der Waals surface area contributed by atoms with Crippen LogP contribution in [-0.4, -0.2) is 30.3 Å². The van der Waals surface area contributed by atoms with Gasteiger partial charge in [0.15, 0.2) is 0 Å². The van der Waals surface area contributed by atoms with Crippen molar-refractivity contribution in [1.29, 1.82) is 0 Å². The van der Waals surface area contributed by atoms with Gasteiger partial charge in [-0.3, -0.25) is 0 Å². The molecule has 2 aromatic heterocycles. The van der Waals surface area contributed by atoms with Crippen LogP contribution in [0.1, 0.15) is 18.6 Å². The molecular formula is C14H13N5OS. The Morgan fingerprint density at radius 1 is 1.14 bits per heavy atom. The smallest absolute Gasteiger partial charge is 0.220 e. The van der Waals surface area contributed by atoms with E-state index in [-0.39, 0.29) is 0 Å². The maximum Gasteiger partial charge on any atom is 0.220 e. The fraction of sp³-hybridized carbons (Fsp3) is 0.143. The number of hydrogen-bond acceptors (Lipinski definition) is 6. The van der Waals surface area contributed by atoms with Gasteiger partial charge < -0.3 is 5.11 Å². The topological polar surface area (TPSA) is 76.7 Å². The van der Waals surface area contributed by atoms with Gasteiger partial charge in [-0.2, -0.15) is 4.68 Å². The SMILES string of the molecule is C[C@@H](O)c1cccnc1Sc1nnnn1-c1ccccc1. The van der Waals surface area contributed by atoms with Crippen LogP contribution in [0.4, 0.5) is 0 Å². The number of aliphatic hydroxyl groups is 1. The highest BCUT2D eigenvalue weighted by Crippen LogP contribution is 2.30. The summed E-state index contributed by atoms with van der Waals surface area (Å²) >= 11 is 1.33. The molecule has 2 heterocycles. The highest BCUT2D eigenvalue weighted by atomic mass is 32.2. The highest BCUT2D eigenvalue weighted by Gasteiger charge is 2.15. The second kappa shape index (κ2) is 6.02. The molecule has 0 amide bonds. The Morgan fingerprint density at radius 2 is 1.95 bits per heavy atom. The summed E-state index contributed by atoms with van der Waals surface area (Å²) in [6.45, 7) is 1.71. The van der Waals surface area contributed by atoms with Crippen molar-refractivity contribution in [3.05, 3.63) is 54.2 Å². The molecular weight excluding hydrogens is 286 g/mol. The lowest BCUT2D eigenvalue weighted by atomic mass is 10.2. The Labute approximate surface area is 125 Å². The van der Waals surface area contributed by atoms with E-state index in [2.05, 4.69) is 20.5 Å². The number of para-hydroxylation sites is 1. The van der Waals surface area contributed by atoms with Crippen LogP contribution in [0.25, 0.3) is 5.69 Å². The summed E-state index contributed by atoms with van der Waals surface area (Å²) < 4.78 is 1.64. The van der Waals surface area contributed by atoms with Gasteiger partial charge in [-0.05, 0) is 47.3 Å². The van der Waals surface area contributed by atoms with Crippen molar-refractivity contribution in [1.82, 2.24) is 25.2 Å². The van der Waals surface area contributed by atoms with E-state index < -0.39 is 6.10 Å². The Bertz CT molecular complexity index is 729. The highest BCUT2D eigenvalue weighted by molar-refractivity contribution is 7.99. The van der Waals surface area contributed by atoms with Crippen molar-refractivity contribution < 1.29 is 5.11 Å². The third-order valence-corrected chi connectivity index (χ3v) is 3.85. The maximum atomic E-state index is 9.81. The third kappa shape index (κ3) is 2.93. The molecule has 0 aliphatic carbocycles. The van der Waals surface area contributed by atoms with Crippen LogP contribution in [0.3, 0.4) is 0 Å². The van der Waals surface area contributed by atoms with Crippen LogP contribution in [0, 0.1) is 0 Å². The first-order valence-electron chi connectivity index (χ1n) is 6.40. The summed E-state index contributed by atoms with van der Waals surface area (Å²) in [5.41, 5.74) is 1.63. The molecule has 21 heavy (non-hydrogen) atoms. The van der Waals surface area contributed by atoms with Crippen LogP contribution < -0.4 is 0 Å². The molecule has 1 atom stereocenters. The Kier molecular flexibility index (Phi) is 3.94. The quantitative estimate of drug-likeness (QED) is 0.796. The second-order valence-corrected chi connectivity index (χ2v) is 5.34. The van der Waals surface area contributed by atoms with Crippen molar-refractivity contribution >= 4 is 11.8 Å². The normalized spacial score (nSPS) is 12.3. The third-order valence-electron chi connectivity index (χ3n) is 2.88. The minimum Gasteiger partial charge on any atom is -0.389 e. The summed E-state index contributed by atoms with van der Waals surface area (Å²) in [6, 6.07) is 13.3. The summed E-state index contributed by atoms with van der Waals surface area (Å²) in [5, 5.41) is 22.9. The molecule has 3 rings (SSSR count). The molecule has 3 aromatic rings. The largest absolute Gasteiger partial charge is 0.389 e. The summed E-state index contributed by atoms with van der Waals surface area (Å²) in [6.07, 6.45) is 1.09. The average Bonchev–Trinajstić information content (AvgIpc) is 2.96. The van der Waals surface area contributed by atoms with Crippen molar-refractivity contribution in [3.8, 4) is 5.69 Å². The number of rotatable bonds is 4. The standard InChI is InChI=1S/C14H13N5OS/c1-10(20)12-8-5-9-15-13(12)21-14-16-17-18-19(14)11-6-3-2-4-7-11/h2-10,20H,1H3/t10-/m1/s1. The van der Waals surface area contributed by atoms with Crippen molar-refractivity contribution in [2.45, 2.75) is 23.2 Å². The van der Waals surface area contributed by atoms with E-state index in [1.165, 1.54) is 11.8 Å². The van der Waals surface area contributed by atoms with Gasteiger partial charge in [0, 0.05) is 11.8 Å². The number of pyridine rings is 1. The molecule has 7 heteroatoms. The molecule has 0 aliphatic heterocycles. The lowest BCUT2D eigenvalue weighted by molar-refractivity contribution is 0.195. The van der Waals surface area contributed by atoms with Gasteiger partial charge in [0.05, 0.1) is 11.8 Å². The van der Waals surface area contributed by atoms with E-state index in [4.69, 9.17) is 0 Å². The zero-order valence-electron chi connectivity index (χ0n) is 11.3. The molecule has 0 aliphatic rings. The van der Waals surface area contributed by atoms with Crippen molar-refractivity contribution in [2.24, 2.45) is 0 Å². The first kappa shape index (κ1) is 13.7. The fourth-order valence-electron chi connectivity index (χ4n) is 1.87. The molecule has 106 valence electrons. The molecule has 1 N–H and O–H groups in total. The predicted octanol–water partition coefficient (Wildman–Crippen LogP) is 2.26. The van der Waals surface area contributed by atoms with E-state index >= 15 is 0 Å². The van der Waals surface area contributed by atoms with Crippen LogP contribution in [0.2, 0.25) is 0 Å². The van der Waals surface area contributed by atoms with E-state index in [1.807, 2.05) is 36.4 Å². The van der Waals surface area contributed by atoms with Gasteiger partial charge in [0.1, 0.15) is 5.03 Å². The molecule has 0 fully saturated rings. The second-order valence-electron chi connectivity index (χ2n) is 4.38. The zero-order valence-corrected chi connectivity index (χ0v) is 12.1. The lowest BCUT2D eigenvalue weighted by Gasteiger charge is -2.09. The van der Waals surface area contributed by atoms with E-state index in [0.717, 1.165) is 11.3 Å². The van der Waals surface area contributed by atoms with Crippen LogP contribution >= 0.6 is 11.8 Å². The zero-order chi connectivity index (χ0) is 14.7. The maximum absolute atomic E-state index is 9.81. The Morgan fingerprint density at radius 3 is 2.71 bits per heavy atom. The molecule has 6 nitrogen and oxygen atoms in total. The minimum absolute atomic E-state index is 0.595. The van der Waals surface area contributed by atoms with Gasteiger partial charge in [-0.15, -0.1) is 5.10 Å². The molecule has 0 unspecified atom stereocenters. The Hall–Kier alpha value is -2.25. The number of aliphatic hydroxyl groups excluding tert-OH is 1. The monoisotopic (exact) mass is 299 g/mol. The number of aromatic nitrogens is 5. The van der Waals surface area contributed by atoms with Gasteiger partial charge >= 0.3 is 0 Å². The van der Waals surface area contributed by atoms with Crippen LogP contribution in [-0.2, 0) is 0 Å². The molecule has 0 saturated carbocycles. The first-order chi connectivity index (χ1) is 10.3. The number of hydrogen-bond donors (Lipinski definition) is 1. The summed E-state index contributed by atoms with van der Waals surface area (Å²) in [4.78, 5) is 4.30. The number of benzene rings is 1. The number of tetrazole rings is 1. The molecule has 0 bridgehead atoms. The van der Waals surface area contributed by atoms with Crippen molar-refractivity contribution in [2.75, 3.05) is 0 Å². The van der Waals surface area contributed by atoms with Gasteiger partial charge in [0.2, 0.25) is 5.16 Å². The fourth-order valence-corrected chi connectivity index (χ4v) is 2.82. The predicted molar refractivity (Wildman–Crippen MR) is 78.1 cm³/mol. The lowest BCUT2D eigenvalue weighted by Crippen LogP contribution is -2.00. The molecule has 0 saturated heterocycles. The molecule has 0 spiro atoms. The summed E-state index contributed by atoms with van der Waals surface area (Å²) in [5.74, 6) is 0. The number of nitrogens with zero attached hydrogens (tertiary/aromatic N) is 5. The summed E-state index contributed by atoms with van der Waals surface area (Å²) in [7, 11) is 0. The van der Waals surface area contributed by atoms with Crippen LogP contribution in [0.15, 0.2) is 58.8 Å². The van der Waals surface area contributed by atoms with E-state index in [0.29, 0.717) is 10.2 Å². The molecule has 1 aromatic carbocycles. The Balaban J connectivity index is 1.96. The first-order valence-corrected chi connectivity index (χ1v) is 7.22. The van der Waals surface area contributed by atoms with Crippen LogP contribution in [0.5, 0.6) is 0 Å². The minimum atomic E-state index is -0.595. The average molecular weight is 299 g/mol. The molecule has 0 radical (unpaired) electrons. The van der Waals surface area contributed by atoms with E-state index in [1.54, 1.807) is 23.9 Å². The van der Waals surface area contributed by atoms with Gasteiger partial charge in [-0.25, -0.2) is 4.98 Å².